The first-order chi connectivity index (χ1) is 9.82. The summed E-state index contributed by atoms with van der Waals surface area (Å²) in [7, 11) is 0. The molecule has 0 saturated heterocycles. The van der Waals surface area contributed by atoms with Crippen LogP contribution >= 0.6 is 0 Å². The second-order valence-corrected chi connectivity index (χ2v) is 5.88. The number of hydrogen-bond donors (Lipinski definition) is 2. The molecule has 6 nitrogen and oxygen atoms in total. The average Bonchev–Trinajstić information content (AvgIpc) is 2.72. The molecule has 0 aliphatic heterocycles. The fraction of sp³-hybridized carbons (Fsp3) is 0.333. The number of nitrogens with two attached hydrogens (primary N) is 1. The number of anilines is 1. The van der Waals surface area contributed by atoms with Crippen LogP contribution in [0.15, 0.2) is 36.7 Å². The SMILES string of the molecule is CC(C)(C)NC(=O)Oc1cccc(Cn2cc(N)cn2)c1. The van der Waals surface area contributed by atoms with E-state index in [1.807, 2.05) is 32.9 Å². The molecule has 0 radical (unpaired) electrons. The van der Waals surface area contributed by atoms with Gasteiger partial charge in [-0.2, -0.15) is 5.10 Å². The summed E-state index contributed by atoms with van der Waals surface area (Å²) in [5.74, 6) is 0.495. The summed E-state index contributed by atoms with van der Waals surface area (Å²) < 4.78 is 7.00. The van der Waals surface area contributed by atoms with Crippen molar-refractivity contribution in [3.63, 3.8) is 0 Å². The molecular weight excluding hydrogens is 268 g/mol. The minimum atomic E-state index is -0.469. The van der Waals surface area contributed by atoms with E-state index in [2.05, 4.69) is 10.4 Å². The Bertz CT molecular complexity index is 629. The molecule has 0 saturated carbocycles. The van der Waals surface area contributed by atoms with Crippen molar-refractivity contribution in [1.29, 1.82) is 0 Å². The molecule has 1 aromatic carbocycles. The van der Waals surface area contributed by atoms with Gasteiger partial charge in [-0.25, -0.2) is 4.79 Å². The molecule has 3 N–H and O–H groups in total. The van der Waals surface area contributed by atoms with E-state index < -0.39 is 6.09 Å². The van der Waals surface area contributed by atoms with Crippen LogP contribution in [0.2, 0.25) is 0 Å². The van der Waals surface area contributed by atoms with Crippen molar-refractivity contribution in [3.05, 3.63) is 42.2 Å². The van der Waals surface area contributed by atoms with Crippen molar-refractivity contribution in [3.8, 4) is 5.75 Å². The zero-order valence-corrected chi connectivity index (χ0v) is 12.5. The third-order valence-corrected chi connectivity index (χ3v) is 2.58. The number of amides is 1. The summed E-state index contributed by atoms with van der Waals surface area (Å²) in [5.41, 5.74) is 6.88. The summed E-state index contributed by atoms with van der Waals surface area (Å²) in [4.78, 5) is 11.7. The van der Waals surface area contributed by atoms with Gasteiger partial charge in [-0.3, -0.25) is 4.68 Å². The van der Waals surface area contributed by atoms with Crippen LogP contribution in [0.4, 0.5) is 10.5 Å². The number of hydrogen-bond acceptors (Lipinski definition) is 4. The lowest BCUT2D eigenvalue weighted by atomic mass is 10.1. The maximum absolute atomic E-state index is 11.7. The Hall–Kier alpha value is -2.50. The van der Waals surface area contributed by atoms with E-state index in [1.54, 1.807) is 29.2 Å². The second-order valence-electron chi connectivity index (χ2n) is 5.88. The third kappa shape index (κ3) is 4.83. The van der Waals surface area contributed by atoms with Crippen molar-refractivity contribution in [1.82, 2.24) is 15.1 Å². The molecule has 0 aliphatic rings. The summed E-state index contributed by atoms with van der Waals surface area (Å²) in [6, 6.07) is 7.32. The van der Waals surface area contributed by atoms with E-state index in [0.29, 0.717) is 18.0 Å². The van der Waals surface area contributed by atoms with Gasteiger partial charge in [0.25, 0.3) is 0 Å². The maximum atomic E-state index is 11.7. The summed E-state index contributed by atoms with van der Waals surface area (Å²) in [5, 5.41) is 6.87. The Balaban J connectivity index is 2.02. The lowest BCUT2D eigenvalue weighted by Gasteiger charge is -2.19. The first kappa shape index (κ1) is 14.9. The predicted molar refractivity (Wildman–Crippen MR) is 81.1 cm³/mol. The minimum absolute atomic E-state index is 0.332. The van der Waals surface area contributed by atoms with Gasteiger partial charge in [-0.15, -0.1) is 0 Å². The van der Waals surface area contributed by atoms with Crippen LogP contribution in [0, 0.1) is 0 Å². The van der Waals surface area contributed by atoms with Gasteiger partial charge < -0.3 is 15.8 Å². The topological polar surface area (TPSA) is 82.2 Å². The zero-order chi connectivity index (χ0) is 15.5. The molecule has 0 aliphatic carbocycles. The monoisotopic (exact) mass is 288 g/mol. The molecule has 0 bridgehead atoms. The number of nitrogen functional groups attached to an aromatic ring is 1. The van der Waals surface area contributed by atoms with Gasteiger partial charge in [0.05, 0.1) is 18.4 Å². The number of carbonyl (C=O) groups is 1. The molecule has 112 valence electrons. The molecule has 0 atom stereocenters. The quantitative estimate of drug-likeness (QED) is 0.908. The van der Waals surface area contributed by atoms with E-state index in [9.17, 15) is 4.79 Å². The first-order valence-corrected chi connectivity index (χ1v) is 6.69. The van der Waals surface area contributed by atoms with Crippen molar-refractivity contribution in [2.24, 2.45) is 0 Å². The number of nitrogens with zero attached hydrogens (tertiary/aromatic N) is 2. The summed E-state index contributed by atoms with van der Waals surface area (Å²) in [6.45, 7) is 6.25. The molecule has 1 heterocycles. The van der Waals surface area contributed by atoms with E-state index >= 15 is 0 Å². The van der Waals surface area contributed by atoms with Crippen LogP contribution in [-0.2, 0) is 6.54 Å². The standard InChI is InChI=1S/C15H20N4O2/c1-15(2,3)18-14(20)21-13-6-4-5-11(7-13)9-19-10-12(16)8-17-19/h4-8,10H,9,16H2,1-3H3,(H,18,20). The van der Waals surface area contributed by atoms with Crippen molar-refractivity contribution in [2.45, 2.75) is 32.9 Å². The van der Waals surface area contributed by atoms with Gasteiger partial charge in [-0.05, 0) is 38.5 Å². The van der Waals surface area contributed by atoms with Gasteiger partial charge in [0.15, 0.2) is 0 Å². The lowest BCUT2D eigenvalue weighted by Crippen LogP contribution is -2.42. The van der Waals surface area contributed by atoms with Crippen LogP contribution in [0.3, 0.4) is 0 Å². The maximum Gasteiger partial charge on any atom is 0.413 e. The number of nitrogens with one attached hydrogen (secondary N) is 1. The van der Waals surface area contributed by atoms with Crippen LogP contribution in [0.5, 0.6) is 5.75 Å². The molecule has 2 aromatic rings. The summed E-state index contributed by atoms with van der Waals surface area (Å²) >= 11 is 0. The fourth-order valence-electron chi connectivity index (χ4n) is 1.80. The molecule has 2 rings (SSSR count). The number of rotatable bonds is 3. The van der Waals surface area contributed by atoms with Gasteiger partial charge in [0.1, 0.15) is 5.75 Å². The molecule has 0 spiro atoms. The number of aromatic nitrogens is 2. The Kier molecular flexibility index (Phi) is 4.16. The zero-order valence-electron chi connectivity index (χ0n) is 12.5. The van der Waals surface area contributed by atoms with Gasteiger partial charge in [-0.1, -0.05) is 12.1 Å². The van der Waals surface area contributed by atoms with Crippen molar-refractivity contribution < 1.29 is 9.53 Å². The number of benzene rings is 1. The molecule has 21 heavy (non-hydrogen) atoms. The second kappa shape index (κ2) is 5.87. The first-order valence-electron chi connectivity index (χ1n) is 6.69. The van der Waals surface area contributed by atoms with E-state index in [0.717, 1.165) is 5.56 Å². The minimum Gasteiger partial charge on any atom is -0.410 e. The Labute approximate surface area is 123 Å². The molecular formula is C15H20N4O2. The van der Waals surface area contributed by atoms with E-state index in [4.69, 9.17) is 10.5 Å². The van der Waals surface area contributed by atoms with Crippen LogP contribution in [0.25, 0.3) is 0 Å². The van der Waals surface area contributed by atoms with Crippen molar-refractivity contribution >= 4 is 11.8 Å². The van der Waals surface area contributed by atoms with Crippen LogP contribution in [0.1, 0.15) is 26.3 Å². The highest BCUT2D eigenvalue weighted by atomic mass is 16.6. The Morgan fingerprint density at radius 1 is 1.43 bits per heavy atom. The van der Waals surface area contributed by atoms with Crippen molar-refractivity contribution in [2.75, 3.05) is 5.73 Å². The smallest absolute Gasteiger partial charge is 0.410 e. The van der Waals surface area contributed by atoms with Gasteiger partial charge >= 0.3 is 6.09 Å². The molecule has 1 amide bonds. The van der Waals surface area contributed by atoms with Gasteiger partial charge in [0, 0.05) is 11.7 Å². The summed E-state index contributed by atoms with van der Waals surface area (Å²) in [6.07, 6.45) is 2.87. The van der Waals surface area contributed by atoms with E-state index in [1.165, 1.54) is 0 Å². The van der Waals surface area contributed by atoms with E-state index in [-0.39, 0.29) is 5.54 Å². The van der Waals surface area contributed by atoms with Crippen LogP contribution in [-0.4, -0.2) is 21.4 Å². The normalized spacial score (nSPS) is 11.2. The highest BCUT2D eigenvalue weighted by Crippen LogP contribution is 2.15. The molecule has 0 unspecified atom stereocenters. The van der Waals surface area contributed by atoms with Gasteiger partial charge in [0.2, 0.25) is 0 Å². The predicted octanol–water partition coefficient (Wildman–Crippen LogP) is 2.40. The molecule has 1 aromatic heterocycles. The Morgan fingerprint density at radius 2 is 2.19 bits per heavy atom. The highest BCUT2D eigenvalue weighted by Gasteiger charge is 2.15. The highest BCUT2D eigenvalue weighted by molar-refractivity contribution is 5.71. The molecule has 6 heteroatoms. The fourth-order valence-corrected chi connectivity index (χ4v) is 1.80. The average molecular weight is 288 g/mol. The third-order valence-electron chi connectivity index (χ3n) is 2.58. The molecule has 0 fully saturated rings. The van der Waals surface area contributed by atoms with Crippen LogP contribution < -0.4 is 15.8 Å². The number of carbonyl (C=O) groups excluding carboxylic acids is 1. The number of ether oxygens (including phenoxy) is 1. The Morgan fingerprint density at radius 3 is 2.81 bits per heavy atom. The lowest BCUT2D eigenvalue weighted by molar-refractivity contribution is 0.190. The largest absolute Gasteiger partial charge is 0.413 e.